The molecular formula is C26H44O3. The van der Waals surface area contributed by atoms with Crippen LogP contribution in [0.25, 0.3) is 0 Å². The number of hydrogen-bond donors (Lipinski definition) is 2. The Morgan fingerprint density at radius 1 is 1.14 bits per heavy atom. The third-order valence-electron chi connectivity index (χ3n) is 9.81. The Bertz CT molecular complexity index is 615. The minimum atomic E-state index is -0.117. The number of aliphatic hydroxyl groups is 2. The first-order valence-corrected chi connectivity index (χ1v) is 12.4. The van der Waals surface area contributed by atoms with Gasteiger partial charge >= 0.3 is 0 Å². The summed E-state index contributed by atoms with van der Waals surface area (Å²) in [5, 5.41) is 19.5. The van der Waals surface area contributed by atoms with Crippen molar-refractivity contribution >= 4 is 0 Å². The zero-order valence-corrected chi connectivity index (χ0v) is 19.2. The van der Waals surface area contributed by atoms with Gasteiger partial charge in [-0.15, -0.1) is 0 Å². The molecule has 29 heavy (non-hydrogen) atoms. The summed E-state index contributed by atoms with van der Waals surface area (Å²) >= 11 is 0. The fourth-order valence-corrected chi connectivity index (χ4v) is 7.90. The number of ether oxygens (including phenoxy) is 1. The van der Waals surface area contributed by atoms with Crippen molar-refractivity contribution in [1.82, 2.24) is 0 Å². The summed E-state index contributed by atoms with van der Waals surface area (Å²) in [7, 11) is 0. The van der Waals surface area contributed by atoms with E-state index in [-0.39, 0.29) is 6.10 Å². The first-order chi connectivity index (χ1) is 13.8. The van der Waals surface area contributed by atoms with Crippen molar-refractivity contribution in [1.29, 1.82) is 0 Å². The van der Waals surface area contributed by atoms with Gasteiger partial charge in [-0.1, -0.05) is 45.8 Å². The van der Waals surface area contributed by atoms with Gasteiger partial charge in [0.25, 0.3) is 0 Å². The molecule has 0 radical (unpaired) electrons. The highest BCUT2D eigenvalue weighted by Gasteiger charge is 2.60. The molecule has 0 bridgehead atoms. The zero-order chi connectivity index (χ0) is 20.8. The summed E-state index contributed by atoms with van der Waals surface area (Å²) in [6.07, 6.45) is 13.2. The molecule has 0 aromatic rings. The average Bonchev–Trinajstić information content (AvgIpc) is 3.05. The number of aliphatic hydroxyl groups excluding tert-OH is 2. The Morgan fingerprint density at radius 3 is 2.69 bits per heavy atom. The second-order valence-corrected chi connectivity index (χ2v) is 11.7. The molecular weight excluding hydrogens is 360 g/mol. The van der Waals surface area contributed by atoms with Gasteiger partial charge in [0, 0.05) is 6.61 Å². The molecule has 9 atom stereocenters. The molecule has 3 fully saturated rings. The maximum Gasteiger partial charge on any atom is 0.0657 e. The number of fused-ring (bicyclic) bond motifs is 5. The van der Waals surface area contributed by atoms with Crippen LogP contribution in [0.4, 0.5) is 0 Å². The molecule has 8 unspecified atom stereocenters. The molecule has 3 heteroatoms. The van der Waals surface area contributed by atoms with Crippen LogP contribution in [0.1, 0.15) is 85.5 Å². The zero-order valence-electron chi connectivity index (χ0n) is 19.2. The van der Waals surface area contributed by atoms with E-state index < -0.39 is 0 Å². The van der Waals surface area contributed by atoms with Crippen LogP contribution in [-0.4, -0.2) is 35.6 Å². The standard InChI is InChI=1S/C26H44O3/c1-17(15-27)6-5-7-18(2)24-26(4)13-11-22-21(23(26)16-29-24)9-8-19-14-20(28)10-12-25(19,22)3/h8,17-18,20-24,27-28H,5-7,9-16H2,1-4H3/t17?,18-,20?,21?,22?,23?,24?,25?,26?/m1/s1. The fraction of sp³-hybridized carbons (Fsp3) is 0.923. The van der Waals surface area contributed by atoms with Crippen molar-refractivity contribution in [2.45, 2.75) is 97.7 Å². The third kappa shape index (κ3) is 3.74. The van der Waals surface area contributed by atoms with Gasteiger partial charge in [-0.2, -0.15) is 0 Å². The molecule has 2 N–H and O–H groups in total. The molecule has 0 amide bonds. The quantitative estimate of drug-likeness (QED) is 0.587. The van der Waals surface area contributed by atoms with Crippen LogP contribution >= 0.6 is 0 Å². The van der Waals surface area contributed by atoms with Crippen molar-refractivity contribution in [3.8, 4) is 0 Å². The minimum absolute atomic E-state index is 0.117. The summed E-state index contributed by atoms with van der Waals surface area (Å²) in [5.41, 5.74) is 2.19. The van der Waals surface area contributed by atoms with Gasteiger partial charge < -0.3 is 14.9 Å². The predicted octanol–water partition coefficient (Wildman–Crippen LogP) is 5.35. The molecule has 3 nitrogen and oxygen atoms in total. The van der Waals surface area contributed by atoms with Gasteiger partial charge in [0.2, 0.25) is 0 Å². The van der Waals surface area contributed by atoms with Crippen LogP contribution < -0.4 is 0 Å². The van der Waals surface area contributed by atoms with E-state index >= 15 is 0 Å². The summed E-state index contributed by atoms with van der Waals surface area (Å²) in [4.78, 5) is 0. The van der Waals surface area contributed by atoms with Crippen molar-refractivity contribution < 1.29 is 14.9 Å². The Labute approximate surface area is 178 Å². The second kappa shape index (κ2) is 8.28. The van der Waals surface area contributed by atoms with Crippen LogP contribution in [0.2, 0.25) is 0 Å². The third-order valence-corrected chi connectivity index (χ3v) is 9.81. The van der Waals surface area contributed by atoms with Gasteiger partial charge in [0.1, 0.15) is 0 Å². The van der Waals surface area contributed by atoms with Crippen LogP contribution in [-0.2, 0) is 4.74 Å². The monoisotopic (exact) mass is 404 g/mol. The van der Waals surface area contributed by atoms with Crippen LogP contribution in [0.15, 0.2) is 11.6 Å². The molecule has 0 aromatic carbocycles. The average molecular weight is 405 g/mol. The van der Waals surface area contributed by atoms with Gasteiger partial charge in [-0.3, -0.25) is 0 Å². The van der Waals surface area contributed by atoms with E-state index in [2.05, 4.69) is 33.8 Å². The number of allylic oxidation sites excluding steroid dienone is 1. The Kier molecular flexibility index (Phi) is 6.23. The van der Waals surface area contributed by atoms with Crippen molar-refractivity contribution in [3.63, 3.8) is 0 Å². The van der Waals surface area contributed by atoms with E-state index in [0.717, 1.165) is 44.1 Å². The summed E-state index contributed by atoms with van der Waals surface area (Å²) in [5.74, 6) is 3.23. The molecule has 3 aliphatic carbocycles. The van der Waals surface area contributed by atoms with Gasteiger partial charge in [0.15, 0.2) is 0 Å². The first kappa shape index (κ1) is 21.8. The van der Waals surface area contributed by atoms with Gasteiger partial charge in [-0.25, -0.2) is 0 Å². The smallest absolute Gasteiger partial charge is 0.0657 e. The van der Waals surface area contributed by atoms with Gasteiger partial charge in [0.05, 0.1) is 18.8 Å². The lowest BCUT2D eigenvalue weighted by molar-refractivity contribution is -0.0523. The van der Waals surface area contributed by atoms with E-state index in [9.17, 15) is 10.2 Å². The SMILES string of the molecule is CC(CO)CCC[C@@H](C)C1OCC2C3CC=C4CC(O)CCC4(C)C3CCC21C. The predicted molar refractivity (Wildman–Crippen MR) is 117 cm³/mol. The van der Waals surface area contributed by atoms with Crippen LogP contribution in [0.3, 0.4) is 0 Å². The minimum Gasteiger partial charge on any atom is -0.396 e. The molecule has 2 saturated carbocycles. The van der Waals surface area contributed by atoms with Crippen molar-refractivity contribution in [2.75, 3.05) is 13.2 Å². The van der Waals surface area contributed by atoms with Crippen LogP contribution in [0.5, 0.6) is 0 Å². The number of rotatable bonds is 6. The molecule has 0 spiro atoms. The second-order valence-electron chi connectivity index (χ2n) is 11.7. The van der Waals surface area contributed by atoms with E-state index in [1.54, 1.807) is 5.57 Å². The van der Waals surface area contributed by atoms with E-state index in [1.807, 2.05) is 0 Å². The summed E-state index contributed by atoms with van der Waals surface area (Å²) in [6.45, 7) is 10.8. The molecule has 1 aliphatic heterocycles. The topological polar surface area (TPSA) is 49.7 Å². The Morgan fingerprint density at radius 2 is 1.93 bits per heavy atom. The lowest BCUT2D eigenvalue weighted by atomic mass is 9.47. The maximum atomic E-state index is 10.2. The molecule has 4 aliphatic rings. The highest BCUT2D eigenvalue weighted by atomic mass is 16.5. The lowest BCUT2D eigenvalue weighted by Crippen LogP contribution is -2.52. The fourth-order valence-electron chi connectivity index (χ4n) is 7.90. The molecule has 4 rings (SSSR count). The molecule has 166 valence electrons. The first-order valence-electron chi connectivity index (χ1n) is 12.4. The van der Waals surface area contributed by atoms with E-state index in [0.29, 0.717) is 41.3 Å². The highest BCUT2D eigenvalue weighted by molar-refractivity contribution is 5.25. The summed E-state index contributed by atoms with van der Waals surface area (Å²) in [6, 6.07) is 0. The normalized spacial score (nSPS) is 46.3. The highest BCUT2D eigenvalue weighted by Crippen LogP contribution is 2.64. The molecule has 0 aromatic heterocycles. The largest absolute Gasteiger partial charge is 0.396 e. The van der Waals surface area contributed by atoms with Gasteiger partial charge in [-0.05, 0) is 91.8 Å². The molecule has 1 saturated heterocycles. The summed E-state index contributed by atoms with van der Waals surface area (Å²) < 4.78 is 6.57. The maximum absolute atomic E-state index is 10.2. The van der Waals surface area contributed by atoms with Crippen molar-refractivity contribution in [2.24, 2.45) is 40.4 Å². The molecule has 1 heterocycles. The Balaban J connectivity index is 1.46. The number of hydrogen-bond acceptors (Lipinski definition) is 3. The Hall–Kier alpha value is -0.380. The van der Waals surface area contributed by atoms with E-state index in [1.165, 1.54) is 32.1 Å². The van der Waals surface area contributed by atoms with E-state index in [4.69, 9.17) is 4.74 Å². The van der Waals surface area contributed by atoms with Crippen LogP contribution in [0, 0.1) is 40.4 Å². The van der Waals surface area contributed by atoms with Crippen molar-refractivity contribution in [3.05, 3.63) is 11.6 Å². The lowest BCUT2D eigenvalue weighted by Gasteiger charge is -2.57.